The third-order valence-corrected chi connectivity index (χ3v) is 4.11. The predicted molar refractivity (Wildman–Crippen MR) is 81.9 cm³/mol. The maximum Gasteiger partial charge on any atom is 0.410 e. The second-order valence-electron chi connectivity index (χ2n) is 7.22. The smallest absolute Gasteiger partial charge is 0.410 e. The van der Waals surface area contributed by atoms with Gasteiger partial charge in [-0.05, 0) is 46.5 Å². The molecule has 3 rings (SSSR count). The van der Waals surface area contributed by atoms with Gasteiger partial charge in [-0.15, -0.1) is 0 Å². The fourth-order valence-electron chi connectivity index (χ4n) is 3.07. The maximum atomic E-state index is 12.3. The third-order valence-electron chi connectivity index (χ3n) is 4.11. The zero-order valence-corrected chi connectivity index (χ0v) is 14.1. The molecule has 0 aliphatic carbocycles. The Kier molecular flexibility index (Phi) is 4.57. The van der Waals surface area contributed by atoms with Crippen molar-refractivity contribution in [3.05, 3.63) is 11.7 Å². The summed E-state index contributed by atoms with van der Waals surface area (Å²) in [5.74, 6) is 1.19. The van der Waals surface area contributed by atoms with Gasteiger partial charge >= 0.3 is 6.09 Å². The molecule has 0 spiro atoms. The molecule has 2 fully saturated rings. The van der Waals surface area contributed by atoms with Gasteiger partial charge in [-0.25, -0.2) is 4.79 Å². The van der Waals surface area contributed by atoms with Crippen LogP contribution < -0.4 is 0 Å². The van der Waals surface area contributed by atoms with Gasteiger partial charge in [0.05, 0.1) is 0 Å². The van der Waals surface area contributed by atoms with Gasteiger partial charge in [0.25, 0.3) is 5.89 Å². The molecule has 23 heavy (non-hydrogen) atoms. The van der Waals surface area contributed by atoms with Gasteiger partial charge in [-0.3, -0.25) is 0 Å². The Bertz CT molecular complexity index is 546. The highest BCUT2D eigenvalue weighted by Gasteiger charge is 2.33. The van der Waals surface area contributed by atoms with Crippen LogP contribution >= 0.6 is 0 Å². The summed E-state index contributed by atoms with van der Waals surface area (Å²) in [6.45, 7) is 7.10. The molecule has 1 aromatic heterocycles. The van der Waals surface area contributed by atoms with E-state index in [1.165, 1.54) is 0 Å². The zero-order chi connectivity index (χ0) is 16.4. The zero-order valence-electron chi connectivity index (χ0n) is 14.1. The van der Waals surface area contributed by atoms with Crippen molar-refractivity contribution in [3.63, 3.8) is 0 Å². The number of carbonyl (C=O) groups is 1. The summed E-state index contributed by atoms with van der Waals surface area (Å²) in [5, 5.41) is 4.05. The van der Waals surface area contributed by atoms with Crippen molar-refractivity contribution in [2.24, 2.45) is 0 Å². The molecule has 0 radical (unpaired) electrons. The highest BCUT2D eigenvalue weighted by molar-refractivity contribution is 5.69. The van der Waals surface area contributed by atoms with Gasteiger partial charge < -0.3 is 18.9 Å². The molecule has 1 aromatic rings. The molecule has 2 saturated heterocycles. The molecule has 0 bridgehead atoms. The van der Waals surface area contributed by atoms with Gasteiger partial charge in [0, 0.05) is 25.6 Å². The number of amides is 1. The summed E-state index contributed by atoms with van der Waals surface area (Å²) in [6.07, 6.45) is 4.12. The molecule has 0 aromatic carbocycles. The lowest BCUT2D eigenvalue weighted by Crippen LogP contribution is -2.40. The molecule has 128 valence electrons. The monoisotopic (exact) mass is 323 g/mol. The average Bonchev–Trinajstić information content (AvgIpc) is 3.18. The summed E-state index contributed by atoms with van der Waals surface area (Å²) in [5.41, 5.74) is -0.483. The van der Waals surface area contributed by atoms with Crippen LogP contribution in [0.15, 0.2) is 4.52 Å². The Balaban J connectivity index is 1.61. The molecule has 1 unspecified atom stereocenters. The lowest BCUT2D eigenvalue weighted by Gasteiger charge is -2.28. The van der Waals surface area contributed by atoms with Crippen LogP contribution in [0.1, 0.15) is 64.3 Å². The Labute approximate surface area is 136 Å². The first-order valence-electron chi connectivity index (χ1n) is 8.36. The molecule has 0 N–H and O–H groups in total. The summed E-state index contributed by atoms with van der Waals surface area (Å²) < 4.78 is 16.3. The first kappa shape index (κ1) is 16.2. The standard InChI is InChI=1S/C16H25N3O4/c1-16(2,3)22-15(20)19-8-4-6-11(19)10-13-17-14(23-18-13)12-7-5-9-21-12/h11-12H,4-10H2,1-3H3/t11-,12?/m1/s1. The molecule has 0 saturated carbocycles. The minimum absolute atomic E-state index is 0.0678. The molecule has 1 amide bonds. The van der Waals surface area contributed by atoms with Crippen molar-refractivity contribution in [1.29, 1.82) is 0 Å². The van der Waals surface area contributed by atoms with E-state index < -0.39 is 5.60 Å². The predicted octanol–water partition coefficient (Wildman–Crippen LogP) is 2.86. The molecule has 7 heteroatoms. The summed E-state index contributed by atoms with van der Waals surface area (Å²) in [7, 11) is 0. The molecule has 3 heterocycles. The number of nitrogens with zero attached hydrogens (tertiary/aromatic N) is 3. The Morgan fingerprint density at radius 3 is 2.87 bits per heavy atom. The first-order chi connectivity index (χ1) is 10.9. The van der Waals surface area contributed by atoms with Crippen LogP contribution in [0.25, 0.3) is 0 Å². The van der Waals surface area contributed by atoms with Gasteiger partial charge in [0.15, 0.2) is 5.82 Å². The molecular weight excluding hydrogens is 298 g/mol. The van der Waals surface area contributed by atoms with E-state index in [9.17, 15) is 4.79 Å². The number of hydrogen-bond acceptors (Lipinski definition) is 6. The maximum absolute atomic E-state index is 12.3. The van der Waals surface area contributed by atoms with E-state index in [2.05, 4.69) is 10.1 Å². The number of aromatic nitrogens is 2. The second kappa shape index (κ2) is 6.47. The highest BCUT2D eigenvalue weighted by atomic mass is 16.6. The number of hydrogen-bond donors (Lipinski definition) is 0. The van der Waals surface area contributed by atoms with Crippen molar-refractivity contribution in [2.45, 2.75) is 70.6 Å². The van der Waals surface area contributed by atoms with E-state index >= 15 is 0 Å². The number of rotatable bonds is 3. The lowest BCUT2D eigenvalue weighted by atomic mass is 10.1. The molecular formula is C16H25N3O4. The van der Waals surface area contributed by atoms with Crippen LogP contribution in [-0.4, -0.2) is 45.9 Å². The second-order valence-corrected chi connectivity index (χ2v) is 7.22. The van der Waals surface area contributed by atoms with Crippen molar-refractivity contribution >= 4 is 6.09 Å². The minimum atomic E-state index is -0.483. The Hall–Kier alpha value is -1.63. The van der Waals surface area contributed by atoms with Crippen LogP contribution in [0.4, 0.5) is 4.79 Å². The van der Waals surface area contributed by atoms with Crippen LogP contribution in [0.2, 0.25) is 0 Å². The van der Waals surface area contributed by atoms with E-state index in [4.69, 9.17) is 14.0 Å². The summed E-state index contributed by atoms with van der Waals surface area (Å²) in [6, 6.07) is 0.0693. The van der Waals surface area contributed by atoms with E-state index in [-0.39, 0.29) is 18.2 Å². The largest absolute Gasteiger partial charge is 0.444 e. The minimum Gasteiger partial charge on any atom is -0.444 e. The lowest BCUT2D eigenvalue weighted by molar-refractivity contribution is 0.0225. The van der Waals surface area contributed by atoms with Crippen LogP contribution in [0.3, 0.4) is 0 Å². The van der Waals surface area contributed by atoms with Crippen molar-refractivity contribution in [1.82, 2.24) is 15.0 Å². The summed E-state index contributed by atoms with van der Waals surface area (Å²) in [4.78, 5) is 18.5. The highest BCUT2D eigenvalue weighted by Crippen LogP contribution is 2.28. The van der Waals surface area contributed by atoms with Crippen LogP contribution in [-0.2, 0) is 15.9 Å². The fourth-order valence-corrected chi connectivity index (χ4v) is 3.07. The fraction of sp³-hybridized carbons (Fsp3) is 0.812. The molecule has 2 atom stereocenters. The Morgan fingerprint density at radius 1 is 1.35 bits per heavy atom. The van der Waals surface area contributed by atoms with Crippen molar-refractivity contribution in [3.8, 4) is 0 Å². The normalized spacial score (nSPS) is 25.1. The van der Waals surface area contributed by atoms with Gasteiger partial charge in [-0.2, -0.15) is 4.98 Å². The van der Waals surface area contributed by atoms with Crippen molar-refractivity contribution in [2.75, 3.05) is 13.2 Å². The van der Waals surface area contributed by atoms with Crippen LogP contribution in [0.5, 0.6) is 0 Å². The van der Waals surface area contributed by atoms with Crippen LogP contribution in [0, 0.1) is 0 Å². The number of likely N-dealkylation sites (tertiary alicyclic amines) is 1. The van der Waals surface area contributed by atoms with Crippen molar-refractivity contribution < 1.29 is 18.8 Å². The summed E-state index contributed by atoms with van der Waals surface area (Å²) >= 11 is 0. The molecule has 7 nitrogen and oxygen atoms in total. The topological polar surface area (TPSA) is 77.7 Å². The first-order valence-corrected chi connectivity index (χ1v) is 8.36. The van der Waals surface area contributed by atoms with Gasteiger partial charge in [-0.1, -0.05) is 5.16 Å². The number of carbonyl (C=O) groups excluding carboxylic acids is 1. The van der Waals surface area contributed by atoms with E-state index in [1.807, 2.05) is 20.8 Å². The van der Waals surface area contributed by atoms with E-state index in [0.717, 1.165) is 38.8 Å². The number of ether oxygens (including phenoxy) is 2. The average molecular weight is 323 g/mol. The molecule has 2 aliphatic rings. The van der Waals surface area contributed by atoms with Gasteiger partial charge in [0.1, 0.15) is 11.7 Å². The van der Waals surface area contributed by atoms with E-state index in [1.54, 1.807) is 4.90 Å². The van der Waals surface area contributed by atoms with E-state index in [0.29, 0.717) is 18.1 Å². The molecule has 2 aliphatic heterocycles. The van der Waals surface area contributed by atoms with Gasteiger partial charge in [0.2, 0.25) is 0 Å². The quantitative estimate of drug-likeness (QED) is 0.851. The third kappa shape index (κ3) is 4.02. The Morgan fingerprint density at radius 2 is 2.17 bits per heavy atom. The SMILES string of the molecule is CC(C)(C)OC(=O)N1CCC[C@@H]1Cc1noc(C2CCCO2)n1.